The maximum Gasteiger partial charge on any atom is 0.359 e. The van der Waals surface area contributed by atoms with Crippen molar-refractivity contribution in [2.45, 2.75) is 130 Å². The number of aryl methyl sites for hydroxylation is 1. The van der Waals surface area contributed by atoms with Gasteiger partial charge in [0.1, 0.15) is 5.75 Å². The SMILES string of the molecule is CCCCCCCCCCCCCCCc1cccc(OC(CC)C(=O)N(C)c2nc(C(=O)OCC)c(C(=O)OCC)[nH]2)c1. The molecule has 0 bridgehead atoms. The molecule has 1 N–H and O–H groups in total. The monoisotopic (exact) mass is 613 g/mol. The number of H-pyrrole nitrogens is 1. The number of amides is 1. The fourth-order valence-electron chi connectivity index (χ4n) is 5.13. The number of imidazole rings is 1. The van der Waals surface area contributed by atoms with Crippen LogP contribution in [0.2, 0.25) is 0 Å². The summed E-state index contributed by atoms with van der Waals surface area (Å²) in [5.74, 6) is -1.24. The van der Waals surface area contributed by atoms with E-state index in [4.69, 9.17) is 14.2 Å². The van der Waals surface area contributed by atoms with E-state index in [2.05, 4.69) is 23.0 Å². The van der Waals surface area contributed by atoms with E-state index in [1.54, 1.807) is 13.8 Å². The number of ether oxygens (including phenoxy) is 3. The summed E-state index contributed by atoms with van der Waals surface area (Å²) < 4.78 is 16.2. The second-order valence-electron chi connectivity index (χ2n) is 11.3. The van der Waals surface area contributed by atoms with Crippen molar-refractivity contribution in [1.82, 2.24) is 9.97 Å². The standard InChI is InChI=1S/C35H55N3O6/c1-6-10-11-12-13-14-15-16-17-18-19-20-21-23-27-24-22-25-28(26-27)44-29(7-2)32(39)38(5)35-36-30(33(40)42-8-3)31(37-35)34(41)43-9-4/h22,24-26,29H,6-21,23H2,1-5H3,(H,36,37). The number of anilines is 1. The van der Waals surface area contributed by atoms with Crippen LogP contribution >= 0.6 is 0 Å². The Hall–Kier alpha value is -3.36. The number of benzene rings is 1. The average Bonchev–Trinajstić information content (AvgIpc) is 3.48. The number of nitrogens with zero attached hydrogens (tertiary/aromatic N) is 2. The van der Waals surface area contributed by atoms with Crippen LogP contribution in [0.3, 0.4) is 0 Å². The minimum atomic E-state index is -0.784. The van der Waals surface area contributed by atoms with Gasteiger partial charge in [-0.3, -0.25) is 9.69 Å². The Morgan fingerprint density at radius 1 is 0.795 bits per heavy atom. The number of carbonyl (C=O) groups is 3. The lowest BCUT2D eigenvalue weighted by atomic mass is 10.0. The molecule has 1 heterocycles. The molecule has 9 nitrogen and oxygen atoms in total. The molecule has 1 atom stereocenters. The van der Waals surface area contributed by atoms with Crippen LogP contribution in [0.25, 0.3) is 0 Å². The van der Waals surface area contributed by atoms with E-state index in [1.165, 1.54) is 94.6 Å². The molecule has 2 rings (SSSR count). The van der Waals surface area contributed by atoms with Gasteiger partial charge in [0.05, 0.1) is 13.2 Å². The van der Waals surface area contributed by atoms with Crippen molar-refractivity contribution in [2.75, 3.05) is 25.2 Å². The normalized spacial score (nSPS) is 11.7. The van der Waals surface area contributed by atoms with Gasteiger partial charge in [0.15, 0.2) is 17.5 Å². The van der Waals surface area contributed by atoms with Gasteiger partial charge in [0, 0.05) is 7.05 Å². The maximum absolute atomic E-state index is 13.4. The third-order valence-corrected chi connectivity index (χ3v) is 7.68. The number of nitrogens with one attached hydrogen (secondary N) is 1. The molecule has 0 aliphatic heterocycles. The molecular weight excluding hydrogens is 558 g/mol. The van der Waals surface area contributed by atoms with Gasteiger partial charge >= 0.3 is 11.9 Å². The minimum Gasteiger partial charge on any atom is -0.481 e. The smallest absolute Gasteiger partial charge is 0.359 e. The van der Waals surface area contributed by atoms with Gasteiger partial charge in [-0.15, -0.1) is 0 Å². The third-order valence-electron chi connectivity index (χ3n) is 7.68. The first-order chi connectivity index (χ1) is 21.4. The molecular formula is C35H55N3O6. The van der Waals surface area contributed by atoms with Gasteiger partial charge < -0.3 is 19.2 Å². The molecule has 2 aromatic rings. The molecule has 1 aromatic heterocycles. The summed E-state index contributed by atoms with van der Waals surface area (Å²) >= 11 is 0. The van der Waals surface area contributed by atoms with Crippen LogP contribution in [0.5, 0.6) is 5.75 Å². The third kappa shape index (κ3) is 12.7. The van der Waals surface area contributed by atoms with Crippen LogP contribution < -0.4 is 9.64 Å². The number of aromatic amines is 1. The van der Waals surface area contributed by atoms with Crippen molar-refractivity contribution in [3.63, 3.8) is 0 Å². The lowest BCUT2D eigenvalue weighted by Gasteiger charge is -2.22. The van der Waals surface area contributed by atoms with Gasteiger partial charge in [0.2, 0.25) is 5.95 Å². The van der Waals surface area contributed by atoms with Crippen molar-refractivity contribution in [1.29, 1.82) is 0 Å². The number of unbranched alkanes of at least 4 members (excludes halogenated alkanes) is 12. The Morgan fingerprint density at radius 2 is 1.36 bits per heavy atom. The summed E-state index contributed by atoms with van der Waals surface area (Å²) in [7, 11) is 1.52. The highest BCUT2D eigenvalue weighted by Crippen LogP contribution is 2.22. The van der Waals surface area contributed by atoms with E-state index in [9.17, 15) is 14.4 Å². The first-order valence-corrected chi connectivity index (χ1v) is 16.8. The summed E-state index contributed by atoms with van der Waals surface area (Å²) in [6.07, 6.45) is 17.9. The van der Waals surface area contributed by atoms with Crippen molar-refractivity contribution in [3.05, 3.63) is 41.2 Å². The van der Waals surface area contributed by atoms with Crippen molar-refractivity contribution < 1.29 is 28.6 Å². The largest absolute Gasteiger partial charge is 0.481 e. The Morgan fingerprint density at radius 3 is 1.93 bits per heavy atom. The number of aromatic nitrogens is 2. The zero-order valence-corrected chi connectivity index (χ0v) is 27.8. The number of hydrogen-bond donors (Lipinski definition) is 1. The lowest BCUT2D eigenvalue weighted by Crippen LogP contribution is -2.40. The summed E-state index contributed by atoms with van der Waals surface area (Å²) in [5.41, 5.74) is 0.801. The minimum absolute atomic E-state index is 0.0271. The number of hydrogen-bond acceptors (Lipinski definition) is 7. The summed E-state index contributed by atoms with van der Waals surface area (Å²) in [6, 6.07) is 7.91. The van der Waals surface area contributed by atoms with Gasteiger partial charge in [-0.1, -0.05) is 103 Å². The van der Waals surface area contributed by atoms with Crippen LogP contribution in [0.1, 0.15) is 144 Å². The van der Waals surface area contributed by atoms with Crippen LogP contribution in [-0.2, 0) is 20.7 Å². The molecule has 0 aliphatic carbocycles. The molecule has 1 unspecified atom stereocenters. The number of esters is 2. The van der Waals surface area contributed by atoms with E-state index in [-0.39, 0.29) is 36.5 Å². The Bertz CT molecular complexity index is 1100. The van der Waals surface area contributed by atoms with Crippen LogP contribution in [0, 0.1) is 0 Å². The van der Waals surface area contributed by atoms with E-state index in [0.29, 0.717) is 12.2 Å². The van der Waals surface area contributed by atoms with Crippen LogP contribution in [0.15, 0.2) is 24.3 Å². The first-order valence-electron chi connectivity index (χ1n) is 16.8. The molecule has 0 fully saturated rings. The summed E-state index contributed by atoms with van der Waals surface area (Å²) in [5, 5.41) is 0. The molecule has 246 valence electrons. The maximum atomic E-state index is 13.4. The molecule has 9 heteroatoms. The predicted molar refractivity (Wildman–Crippen MR) is 174 cm³/mol. The number of rotatable bonds is 23. The zero-order chi connectivity index (χ0) is 32.2. The quantitative estimate of drug-likeness (QED) is 0.0993. The summed E-state index contributed by atoms with van der Waals surface area (Å²) in [4.78, 5) is 46.4. The highest BCUT2D eigenvalue weighted by atomic mass is 16.5. The molecule has 0 saturated heterocycles. The molecule has 1 aromatic carbocycles. The molecule has 0 radical (unpaired) electrons. The number of likely N-dealkylation sites (N-methyl/N-ethyl adjacent to an activating group) is 1. The van der Waals surface area contributed by atoms with Gasteiger partial charge in [0.25, 0.3) is 5.91 Å². The molecule has 1 amide bonds. The molecule has 0 aliphatic rings. The van der Waals surface area contributed by atoms with Gasteiger partial charge in [-0.25, -0.2) is 14.6 Å². The summed E-state index contributed by atoms with van der Waals surface area (Å²) in [6.45, 7) is 7.68. The van der Waals surface area contributed by atoms with E-state index in [0.717, 1.165) is 12.8 Å². The van der Waals surface area contributed by atoms with Gasteiger partial charge in [-0.05, 0) is 50.8 Å². The van der Waals surface area contributed by atoms with E-state index < -0.39 is 18.0 Å². The van der Waals surface area contributed by atoms with E-state index in [1.807, 2.05) is 25.1 Å². The number of carbonyl (C=O) groups excluding carboxylic acids is 3. The van der Waals surface area contributed by atoms with Crippen LogP contribution in [0.4, 0.5) is 5.95 Å². The second kappa shape index (κ2) is 21.4. The van der Waals surface area contributed by atoms with Crippen LogP contribution in [-0.4, -0.2) is 54.2 Å². The first kappa shape index (κ1) is 36.8. The van der Waals surface area contributed by atoms with Gasteiger partial charge in [-0.2, -0.15) is 0 Å². The Balaban J connectivity index is 1.85. The zero-order valence-electron chi connectivity index (χ0n) is 27.8. The van der Waals surface area contributed by atoms with Crippen molar-refractivity contribution in [3.8, 4) is 5.75 Å². The molecule has 0 spiro atoms. The Kier molecular flexibility index (Phi) is 17.9. The Labute approximate surface area is 264 Å². The predicted octanol–water partition coefficient (Wildman–Crippen LogP) is 8.22. The highest BCUT2D eigenvalue weighted by molar-refractivity contribution is 6.02. The van der Waals surface area contributed by atoms with E-state index >= 15 is 0 Å². The topological polar surface area (TPSA) is 111 Å². The highest BCUT2D eigenvalue weighted by Gasteiger charge is 2.30. The fraction of sp³-hybridized carbons (Fsp3) is 0.657. The van der Waals surface area contributed by atoms with Crippen molar-refractivity contribution in [2.24, 2.45) is 0 Å². The molecule has 0 saturated carbocycles. The second-order valence-corrected chi connectivity index (χ2v) is 11.3. The van der Waals surface area contributed by atoms with Crippen molar-refractivity contribution >= 4 is 23.8 Å². The fourth-order valence-corrected chi connectivity index (χ4v) is 5.13. The average molecular weight is 614 g/mol. The molecule has 44 heavy (non-hydrogen) atoms. The lowest BCUT2D eigenvalue weighted by molar-refractivity contribution is -0.125.